The molecule has 3 nitrogen and oxygen atoms in total. The number of aromatic amines is 1. The van der Waals surface area contributed by atoms with E-state index in [1.807, 2.05) is 6.92 Å². The van der Waals surface area contributed by atoms with Crippen LogP contribution in [0.1, 0.15) is 55.9 Å². The highest BCUT2D eigenvalue weighted by Crippen LogP contribution is 2.33. The molecule has 2 rings (SSSR count). The molecule has 1 aliphatic carbocycles. The second-order valence-corrected chi connectivity index (χ2v) is 3.92. The van der Waals surface area contributed by atoms with Crippen LogP contribution in [0.3, 0.4) is 0 Å². The van der Waals surface area contributed by atoms with E-state index < -0.39 is 0 Å². The zero-order chi connectivity index (χ0) is 9.42. The highest BCUT2D eigenvalue weighted by atomic mass is 15.0. The lowest BCUT2D eigenvalue weighted by Gasteiger charge is -2.04. The molecule has 72 valence electrons. The number of aromatic nitrogens is 2. The van der Waals surface area contributed by atoms with E-state index in [2.05, 4.69) is 16.9 Å². The molecule has 0 aliphatic heterocycles. The lowest BCUT2D eigenvalue weighted by molar-refractivity contribution is 0.629. The molecule has 0 saturated carbocycles. The molecule has 0 fully saturated rings. The lowest BCUT2D eigenvalue weighted by atomic mass is 10.1. The van der Waals surface area contributed by atoms with Gasteiger partial charge in [0.2, 0.25) is 0 Å². The molecule has 0 aromatic carbocycles. The fourth-order valence-corrected chi connectivity index (χ4v) is 2.04. The van der Waals surface area contributed by atoms with Gasteiger partial charge in [-0.3, -0.25) is 0 Å². The van der Waals surface area contributed by atoms with Crippen molar-refractivity contribution in [3.05, 3.63) is 17.2 Å². The van der Waals surface area contributed by atoms with Crippen LogP contribution in [-0.2, 0) is 6.42 Å². The molecule has 13 heavy (non-hydrogen) atoms. The van der Waals surface area contributed by atoms with Crippen LogP contribution in [0.15, 0.2) is 0 Å². The van der Waals surface area contributed by atoms with Gasteiger partial charge in [0.15, 0.2) is 0 Å². The fraction of sp³-hybridized carbons (Fsp3) is 0.700. The summed E-state index contributed by atoms with van der Waals surface area (Å²) in [5.74, 6) is 1.61. The van der Waals surface area contributed by atoms with Crippen molar-refractivity contribution in [1.29, 1.82) is 0 Å². The molecule has 1 aromatic rings. The number of H-pyrrole nitrogens is 1. The number of aryl methyl sites for hydroxylation is 1. The summed E-state index contributed by atoms with van der Waals surface area (Å²) < 4.78 is 0. The monoisotopic (exact) mass is 179 g/mol. The maximum absolute atomic E-state index is 5.77. The van der Waals surface area contributed by atoms with Crippen molar-refractivity contribution < 1.29 is 0 Å². The Morgan fingerprint density at radius 3 is 3.08 bits per heavy atom. The van der Waals surface area contributed by atoms with Gasteiger partial charge in [0.1, 0.15) is 5.82 Å². The fourth-order valence-electron chi connectivity index (χ4n) is 2.04. The van der Waals surface area contributed by atoms with Gasteiger partial charge in [-0.2, -0.15) is 0 Å². The molecule has 3 N–H and O–H groups in total. The Balaban J connectivity index is 2.31. The Labute approximate surface area is 78.7 Å². The molecule has 0 bridgehead atoms. The van der Waals surface area contributed by atoms with Gasteiger partial charge in [0, 0.05) is 11.6 Å². The Bertz CT molecular complexity index is 301. The third-order valence-corrected chi connectivity index (χ3v) is 2.88. The Morgan fingerprint density at radius 1 is 1.69 bits per heavy atom. The van der Waals surface area contributed by atoms with Crippen molar-refractivity contribution >= 4 is 0 Å². The van der Waals surface area contributed by atoms with Gasteiger partial charge in [-0.15, -0.1) is 0 Å². The smallest absolute Gasteiger partial charge is 0.123 e. The molecule has 1 unspecified atom stereocenters. The Kier molecular flexibility index (Phi) is 2.12. The summed E-state index contributed by atoms with van der Waals surface area (Å²) in [6.45, 7) is 4.19. The number of hydrogen-bond donors (Lipinski definition) is 2. The SMILES string of the molecule is CCC1CCc2[nH]c([C@H](C)N)nc21. The average molecular weight is 179 g/mol. The molecule has 0 saturated heterocycles. The highest BCUT2D eigenvalue weighted by molar-refractivity contribution is 5.25. The van der Waals surface area contributed by atoms with Gasteiger partial charge < -0.3 is 10.7 Å². The standard InChI is InChI=1S/C10H17N3/c1-3-7-4-5-8-9(7)13-10(12-8)6(2)11/h6-7H,3-5,11H2,1-2H3,(H,12,13)/t6-,7?/m0/s1. The maximum atomic E-state index is 5.77. The second-order valence-electron chi connectivity index (χ2n) is 3.92. The van der Waals surface area contributed by atoms with Crippen LogP contribution < -0.4 is 5.73 Å². The molecule has 0 radical (unpaired) electrons. The first-order chi connectivity index (χ1) is 6.22. The van der Waals surface area contributed by atoms with Crippen LogP contribution in [0, 0.1) is 0 Å². The largest absolute Gasteiger partial charge is 0.344 e. The number of imidazole rings is 1. The van der Waals surface area contributed by atoms with Gasteiger partial charge in [0.25, 0.3) is 0 Å². The number of nitrogens with zero attached hydrogens (tertiary/aromatic N) is 1. The Hall–Kier alpha value is -0.830. The van der Waals surface area contributed by atoms with Crippen LogP contribution in [0.5, 0.6) is 0 Å². The first-order valence-electron chi connectivity index (χ1n) is 5.06. The summed E-state index contributed by atoms with van der Waals surface area (Å²) in [5, 5.41) is 0. The predicted octanol–water partition coefficient (Wildman–Crippen LogP) is 1.87. The molecule has 1 aromatic heterocycles. The van der Waals surface area contributed by atoms with Gasteiger partial charge in [0.05, 0.1) is 11.7 Å². The minimum Gasteiger partial charge on any atom is -0.344 e. The van der Waals surface area contributed by atoms with E-state index in [0.29, 0.717) is 5.92 Å². The van der Waals surface area contributed by atoms with Gasteiger partial charge in [-0.1, -0.05) is 6.92 Å². The van der Waals surface area contributed by atoms with E-state index in [1.165, 1.54) is 24.2 Å². The third kappa shape index (κ3) is 1.37. The zero-order valence-corrected chi connectivity index (χ0v) is 8.30. The third-order valence-electron chi connectivity index (χ3n) is 2.88. The number of nitrogens with one attached hydrogen (secondary N) is 1. The van der Waals surface area contributed by atoms with Crippen LogP contribution >= 0.6 is 0 Å². The van der Waals surface area contributed by atoms with E-state index in [0.717, 1.165) is 12.2 Å². The van der Waals surface area contributed by atoms with Gasteiger partial charge in [-0.05, 0) is 26.2 Å². The number of rotatable bonds is 2. The topological polar surface area (TPSA) is 54.7 Å². The molecule has 3 heteroatoms. The van der Waals surface area contributed by atoms with E-state index >= 15 is 0 Å². The first kappa shape index (κ1) is 8.75. The quantitative estimate of drug-likeness (QED) is 0.728. The lowest BCUT2D eigenvalue weighted by Crippen LogP contribution is -2.07. The normalized spacial score (nSPS) is 23.2. The van der Waals surface area contributed by atoms with Crippen LogP contribution in [0.25, 0.3) is 0 Å². The van der Waals surface area contributed by atoms with Crippen molar-refractivity contribution in [3.63, 3.8) is 0 Å². The van der Waals surface area contributed by atoms with Crippen LogP contribution in [-0.4, -0.2) is 9.97 Å². The molecular weight excluding hydrogens is 162 g/mol. The van der Waals surface area contributed by atoms with E-state index in [-0.39, 0.29) is 6.04 Å². The van der Waals surface area contributed by atoms with Crippen molar-refractivity contribution in [2.24, 2.45) is 5.73 Å². The summed E-state index contributed by atoms with van der Waals surface area (Å²) in [5.41, 5.74) is 8.36. The van der Waals surface area contributed by atoms with Crippen LogP contribution in [0.4, 0.5) is 0 Å². The molecule has 2 atom stereocenters. The molecular formula is C10H17N3. The van der Waals surface area contributed by atoms with Gasteiger partial charge in [-0.25, -0.2) is 4.98 Å². The van der Waals surface area contributed by atoms with Crippen molar-refractivity contribution in [3.8, 4) is 0 Å². The Morgan fingerprint density at radius 2 is 2.46 bits per heavy atom. The average Bonchev–Trinajstić information content (AvgIpc) is 2.60. The molecule has 1 heterocycles. The maximum Gasteiger partial charge on any atom is 0.123 e. The summed E-state index contributed by atoms with van der Waals surface area (Å²) in [6.07, 6.45) is 3.59. The van der Waals surface area contributed by atoms with Crippen LogP contribution in [0.2, 0.25) is 0 Å². The van der Waals surface area contributed by atoms with E-state index in [1.54, 1.807) is 0 Å². The van der Waals surface area contributed by atoms with E-state index in [9.17, 15) is 0 Å². The molecule has 1 aliphatic rings. The number of fused-ring (bicyclic) bond motifs is 1. The van der Waals surface area contributed by atoms with Crippen molar-refractivity contribution in [1.82, 2.24) is 9.97 Å². The minimum absolute atomic E-state index is 0.0307. The number of hydrogen-bond acceptors (Lipinski definition) is 2. The van der Waals surface area contributed by atoms with Crippen molar-refractivity contribution in [2.45, 2.75) is 45.1 Å². The highest BCUT2D eigenvalue weighted by Gasteiger charge is 2.25. The second kappa shape index (κ2) is 3.14. The molecule has 0 spiro atoms. The number of nitrogens with two attached hydrogens (primary N) is 1. The first-order valence-corrected chi connectivity index (χ1v) is 5.06. The van der Waals surface area contributed by atoms with Gasteiger partial charge >= 0.3 is 0 Å². The minimum atomic E-state index is 0.0307. The summed E-state index contributed by atoms with van der Waals surface area (Å²) in [4.78, 5) is 7.88. The van der Waals surface area contributed by atoms with E-state index in [4.69, 9.17) is 5.73 Å². The summed E-state index contributed by atoms with van der Waals surface area (Å²) >= 11 is 0. The summed E-state index contributed by atoms with van der Waals surface area (Å²) in [6, 6.07) is 0.0307. The summed E-state index contributed by atoms with van der Waals surface area (Å²) in [7, 11) is 0. The van der Waals surface area contributed by atoms with Crippen molar-refractivity contribution in [2.75, 3.05) is 0 Å². The predicted molar refractivity (Wildman–Crippen MR) is 52.5 cm³/mol. The molecule has 0 amide bonds. The zero-order valence-electron chi connectivity index (χ0n) is 8.30.